The molecule has 0 atom stereocenters. The Bertz CT molecular complexity index is 470. The van der Waals surface area contributed by atoms with E-state index in [1.807, 2.05) is 0 Å². The zero-order chi connectivity index (χ0) is 14.6. The number of carbonyl (C=O) groups excluding carboxylic acids is 1. The summed E-state index contributed by atoms with van der Waals surface area (Å²) in [5.41, 5.74) is -0.575. The van der Waals surface area contributed by atoms with Crippen LogP contribution < -0.4 is 5.32 Å². The summed E-state index contributed by atoms with van der Waals surface area (Å²) in [5, 5.41) is 2.68. The summed E-state index contributed by atoms with van der Waals surface area (Å²) in [5.74, 6) is -0.751. The maximum atomic E-state index is 13.0. The van der Waals surface area contributed by atoms with Crippen molar-refractivity contribution in [2.75, 3.05) is 18.5 Å². The smallest absolute Gasteiger partial charge is 0.418 e. The second-order valence-electron chi connectivity index (χ2n) is 3.96. The van der Waals surface area contributed by atoms with E-state index in [2.05, 4.69) is 5.32 Å². The molecule has 0 heterocycles. The van der Waals surface area contributed by atoms with Gasteiger partial charge in [0.05, 0.1) is 17.7 Å². The van der Waals surface area contributed by atoms with Crippen molar-refractivity contribution in [2.45, 2.75) is 26.9 Å². The molecule has 3 nitrogen and oxygen atoms in total. The summed E-state index contributed by atoms with van der Waals surface area (Å²) in [4.78, 5) is 11.5. The Morgan fingerprint density at radius 1 is 1.32 bits per heavy atom. The van der Waals surface area contributed by atoms with Gasteiger partial charge >= 0.3 is 12.1 Å². The van der Waals surface area contributed by atoms with Crippen molar-refractivity contribution in [3.8, 4) is 0 Å². The van der Waals surface area contributed by atoms with Crippen LogP contribution in [-0.4, -0.2) is 19.1 Å². The Labute approximate surface area is 109 Å². The zero-order valence-corrected chi connectivity index (χ0v) is 11.0. The second kappa shape index (κ2) is 5.95. The molecule has 0 radical (unpaired) electrons. The summed E-state index contributed by atoms with van der Waals surface area (Å²) < 4.78 is 43.7. The van der Waals surface area contributed by atoms with Gasteiger partial charge in [-0.1, -0.05) is 0 Å². The van der Waals surface area contributed by atoms with Crippen LogP contribution >= 0.6 is 0 Å². The van der Waals surface area contributed by atoms with Crippen molar-refractivity contribution in [3.63, 3.8) is 0 Å². The summed E-state index contributed by atoms with van der Waals surface area (Å²) in [6.45, 7) is 5.31. The lowest BCUT2D eigenvalue weighted by Gasteiger charge is -2.17. The van der Waals surface area contributed by atoms with Crippen molar-refractivity contribution in [1.29, 1.82) is 0 Å². The van der Waals surface area contributed by atoms with Gasteiger partial charge in [0.25, 0.3) is 0 Å². The standard InChI is InChI=1S/C13H16F3NO2/c1-4-17-11-8(3)6-9(12(18)19-5-2)7-10(11)13(14,15)16/h6-7,17H,4-5H2,1-3H3. The van der Waals surface area contributed by atoms with E-state index in [1.54, 1.807) is 13.8 Å². The van der Waals surface area contributed by atoms with Gasteiger partial charge in [0.1, 0.15) is 0 Å². The predicted octanol–water partition coefficient (Wildman–Crippen LogP) is 3.62. The van der Waals surface area contributed by atoms with E-state index < -0.39 is 17.7 Å². The van der Waals surface area contributed by atoms with Crippen LogP contribution in [0, 0.1) is 6.92 Å². The van der Waals surface area contributed by atoms with Crippen LogP contribution in [0.5, 0.6) is 0 Å². The number of aryl methyl sites for hydroxylation is 1. The summed E-state index contributed by atoms with van der Waals surface area (Å²) in [7, 11) is 0. The molecule has 19 heavy (non-hydrogen) atoms. The first-order chi connectivity index (χ1) is 8.81. The van der Waals surface area contributed by atoms with Gasteiger partial charge in [-0.3, -0.25) is 0 Å². The average Bonchev–Trinajstić information content (AvgIpc) is 2.30. The van der Waals surface area contributed by atoms with Gasteiger partial charge in [0.15, 0.2) is 0 Å². The number of halogens is 3. The number of nitrogens with one attached hydrogen (secondary N) is 1. The second-order valence-corrected chi connectivity index (χ2v) is 3.96. The van der Waals surface area contributed by atoms with E-state index in [1.165, 1.54) is 13.0 Å². The van der Waals surface area contributed by atoms with Crippen LogP contribution in [0.2, 0.25) is 0 Å². The van der Waals surface area contributed by atoms with Gasteiger partial charge in [-0.05, 0) is 38.5 Å². The molecule has 106 valence electrons. The van der Waals surface area contributed by atoms with Gasteiger partial charge in [-0.2, -0.15) is 13.2 Å². The number of ether oxygens (including phenoxy) is 1. The van der Waals surface area contributed by atoms with Crippen LogP contribution in [0.3, 0.4) is 0 Å². The molecule has 0 amide bonds. The van der Waals surface area contributed by atoms with Crippen LogP contribution in [0.4, 0.5) is 18.9 Å². The highest BCUT2D eigenvalue weighted by Crippen LogP contribution is 2.37. The Kier molecular flexibility index (Phi) is 4.80. The Balaban J connectivity index is 3.34. The van der Waals surface area contributed by atoms with E-state index in [-0.39, 0.29) is 17.9 Å². The molecule has 0 unspecified atom stereocenters. The van der Waals surface area contributed by atoms with Crippen molar-refractivity contribution in [3.05, 3.63) is 28.8 Å². The van der Waals surface area contributed by atoms with Crippen molar-refractivity contribution >= 4 is 11.7 Å². The molecule has 0 bridgehead atoms. The number of hydrogen-bond donors (Lipinski definition) is 1. The Morgan fingerprint density at radius 2 is 1.95 bits per heavy atom. The molecule has 0 saturated carbocycles. The SMILES string of the molecule is CCNc1c(C)cc(C(=O)OCC)cc1C(F)(F)F. The van der Waals surface area contributed by atoms with Crippen molar-refractivity contribution in [1.82, 2.24) is 0 Å². The molecule has 0 aliphatic carbocycles. The number of anilines is 1. The first-order valence-corrected chi connectivity index (χ1v) is 5.94. The molecule has 0 aliphatic rings. The van der Waals surface area contributed by atoms with E-state index in [0.29, 0.717) is 12.1 Å². The molecule has 0 aliphatic heterocycles. The molecule has 1 aromatic rings. The average molecular weight is 275 g/mol. The zero-order valence-electron chi connectivity index (χ0n) is 11.0. The summed E-state index contributed by atoms with van der Waals surface area (Å²) in [6, 6.07) is 2.22. The summed E-state index contributed by atoms with van der Waals surface area (Å²) in [6.07, 6.45) is -4.52. The molecule has 0 spiro atoms. The van der Waals surface area contributed by atoms with Crippen LogP contribution in [0.25, 0.3) is 0 Å². The Morgan fingerprint density at radius 3 is 2.42 bits per heavy atom. The number of rotatable bonds is 4. The number of hydrogen-bond acceptors (Lipinski definition) is 3. The first-order valence-electron chi connectivity index (χ1n) is 5.94. The minimum Gasteiger partial charge on any atom is -0.462 e. The fourth-order valence-electron chi connectivity index (χ4n) is 1.75. The van der Waals surface area contributed by atoms with E-state index >= 15 is 0 Å². The third kappa shape index (κ3) is 3.62. The normalized spacial score (nSPS) is 11.3. The van der Waals surface area contributed by atoms with Gasteiger partial charge < -0.3 is 10.1 Å². The maximum absolute atomic E-state index is 13.0. The van der Waals surface area contributed by atoms with Gasteiger partial charge in [0, 0.05) is 12.2 Å². The summed E-state index contributed by atoms with van der Waals surface area (Å²) >= 11 is 0. The van der Waals surface area contributed by atoms with Gasteiger partial charge in [-0.25, -0.2) is 4.79 Å². The van der Waals surface area contributed by atoms with Crippen LogP contribution in [0.1, 0.15) is 35.3 Å². The first kappa shape index (κ1) is 15.3. The molecule has 1 aromatic carbocycles. The van der Waals surface area contributed by atoms with Gasteiger partial charge in [0.2, 0.25) is 0 Å². The number of carbonyl (C=O) groups is 1. The molecule has 0 fully saturated rings. The molecular formula is C13H16F3NO2. The molecular weight excluding hydrogens is 259 g/mol. The lowest BCUT2D eigenvalue weighted by atomic mass is 10.0. The highest BCUT2D eigenvalue weighted by Gasteiger charge is 2.35. The number of benzene rings is 1. The van der Waals surface area contributed by atoms with E-state index in [4.69, 9.17) is 4.74 Å². The van der Waals surface area contributed by atoms with Crippen LogP contribution in [-0.2, 0) is 10.9 Å². The topological polar surface area (TPSA) is 38.3 Å². The lowest BCUT2D eigenvalue weighted by molar-refractivity contribution is -0.137. The molecule has 1 rings (SSSR count). The largest absolute Gasteiger partial charge is 0.462 e. The molecule has 6 heteroatoms. The highest BCUT2D eigenvalue weighted by atomic mass is 19.4. The highest BCUT2D eigenvalue weighted by molar-refractivity contribution is 5.91. The van der Waals surface area contributed by atoms with Crippen molar-refractivity contribution in [2.24, 2.45) is 0 Å². The third-order valence-corrected chi connectivity index (χ3v) is 2.51. The van der Waals surface area contributed by atoms with E-state index in [9.17, 15) is 18.0 Å². The lowest BCUT2D eigenvalue weighted by Crippen LogP contribution is -2.15. The molecule has 1 N–H and O–H groups in total. The predicted molar refractivity (Wildman–Crippen MR) is 66.3 cm³/mol. The molecule has 0 aromatic heterocycles. The van der Waals surface area contributed by atoms with Crippen molar-refractivity contribution < 1.29 is 22.7 Å². The maximum Gasteiger partial charge on any atom is 0.418 e. The Hall–Kier alpha value is -1.72. The van der Waals surface area contributed by atoms with E-state index in [0.717, 1.165) is 6.07 Å². The minimum atomic E-state index is -4.52. The van der Waals surface area contributed by atoms with Gasteiger partial charge in [-0.15, -0.1) is 0 Å². The number of alkyl halides is 3. The number of esters is 1. The fourth-order valence-corrected chi connectivity index (χ4v) is 1.75. The minimum absolute atomic E-state index is 0.00282. The monoisotopic (exact) mass is 275 g/mol. The third-order valence-electron chi connectivity index (χ3n) is 2.51. The quantitative estimate of drug-likeness (QED) is 0.853. The fraction of sp³-hybridized carbons (Fsp3) is 0.462. The molecule has 0 saturated heterocycles. The van der Waals surface area contributed by atoms with Crippen LogP contribution in [0.15, 0.2) is 12.1 Å².